The van der Waals surface area contributed by atoms with Crippen molar-refractivity contribution in [2.75, 3.05) is 13.2 Å². The van der Waals surface area contributed by atoms with Crippen LogP contribution in [0.3, 0.4) is 0 Å². The second kappa shape index (κ2) is 5.48. The van der Waals surface area contributed by atoms with Gasteiger partial charge in [-0.15, -0.1) is 0 Å². The number of hydrogen-bond acceptors (Lipinski definition) is 3. The topological polar surface area (TPSA) is 53.1 Å². The first-order valence-electron chi connectivity index (χ1n) is 4.67. The third-order valence-electron chi connectivity index (χ3n) is 1.93. The molecule has 0 aromatic carbocycles. The molecule has 0 bridgehead atoms. The predicted molar refractivity (Wildman–Crippen MR) is 58.9 cm³/mol. The zero-order valence-electron chi connectivity index (χ0n) is 8.53. The van der Waals surface area contributed by atoms with E-state index in [0.717, 1.165) is 23.2 Å². The maximum absolute atomic E-state index is 5.97. The van der Waals surface area contributed by atoms with Crippen LogP contribution in [0, 0.1) is 0 Å². The fourth-order valence-corrected chi connectivity index (χ4v) is 1.91. The van der Waals surface area contributed by atoms with Crippen molar-refractivity contribution in [3.63, 3.8) is 0 Å². The van der Waals surface area contributed by atoms with E-state index in [1.54, 1.807) is 10.9 Å². The molecule has 0 aliphatic rings. The molecule has 4 nitrogen and oxygen atoms in total. The number of aryl methyl sites for hydroxylation is 1. The number of rotatable bonds is 5. The molecule has 2 N–H and O–H groups in total. The second-order valence-electron chi connectivity index (χ2n) is 3.18. The van der Waals surface area contributed by atoms with Gasteiger partial charge in [0.2, 0.25) is 0 Å². The Kier molecular flexibility index (Phi) is 4.57. The molecule has 0 fully saturated rings. The number of halogens is 1. The lowest BCUT2D eigenvalue weighted by molar-refractivity contribution is 0.119. The standard InChI is InChI=1S/C9H16BrN3O/c1-3-4-14-6-8(11)9-7(10)5-12-13(9)2/h5,8H,3-4,6,11H2,1-2H3. The summed E-state index contributed by atoms with van der Waals surface area (Å²) in [4.78, 5) is 0. The molecule has 1 rings (SSSR count). The van der Waals surface area contributed by atoms with Crippen molar-refractivity contribution in [3.8, 4) is 0 Å². The summed E-state index contributed by atoms with van der Waals surface area (Å²) in [5.41, 5.74) is 6.94. The van der Waals surface area contributed by atoms with E-state index < -0.39 is 0 Å². The van der Waals surface area contributed by atoms with Gasteiger partial charge in [-0.05, 0) is 22.4 Å². The minimum Gasteiger partial charge on any atom is -0.379 e. The molecule has 1 heterocycles. The van der Waals surface area contributed by atoms with E-state index in [-0.39, 0.29) is 6.04 Å². The Morgan fingerprint density at radius 3 is 2.93 bits per heavy atom. The van der Waals surface area contributed by atoms with Crippen molar-refractivity contribution < 1.29 is 4.74 Å². The number of nitrogens with two attached hydrogens (primary N) is 1. The van der Waals surface area contributed by atoms with Crippen LogP contribution in [0.15, 0.2) is 10.7 Å². The fourth-order valence-electron chi connectivity index (χ4n) is 1.27. The highest BCUT2D eigenvalue weighted by molar-refractivity contribution is 9.10. The van der Waals surface area contributed by atoms with Crippen LogP contribution in [-0.2, 0) is 11.8 Å². The van der Waals surface area contributed by atoms with Crippen molar-refractivity contribution in [1.29, 1.82) is 0 Å². The molecule has 1 aromatic heterocycles. The summed E-state index contributed by atoms with van der Waals surface area (Å²) in [6, 6.07) is -0.122. The van der Waals surface area contributed by atoms with E-state index in [0.29, 0.717) is 6.61 Å². The summed E-state index contributed by atoms with van der Waals surface area (Å²) >= 11 is 3.41. The van der Waals surface area contributed by atoms with Gasteiger partial charge < -0.3 is 10.5 Å². The Morgan fingerprint density at radius 1 is 1.71 bits per heavy atom. The maximum Gasteiger partial charge on any atom is 0.0716 e. The minimum atomic E-state index is -0.122. The molecule has 1 atom stereocenters. The molecule has 0 radical (unpaired) electrons. The zero-order valence-corrected chi connectivity index (χ0v) is 10.1. The summed E-state index contributed by atoms with van der Waals surface area (Å²) in [6.07, 6.45) is 2.76. The molecule has 0 amide bonds. The molecular formula is C9H16BrN3O. The molecule has 0 aliphatic carbocycles. The van der Waals surface area contributed by atoms with Gasteiger partial charge in [0.1, 0.15) is 0 Å². The lowest BCUT2D eigenvalue weighted by atomic mass is 10.2. The Hall–Kier alpha value is -0.390. The van der Waals surface area contributed by atoms with Crippen molar-refractivity contribution in [2.24, 2.45) is 12.8 Å². The van der Waals surface area contributed by atoms with E-state index in [2.05, 4.69) is 28.0 Å². The highest BCUT2D eigenvalue weighted by Crippen LogP contribution is 2.20. The van der Waals surface area contributed by atoms with Crippen molar-refractivity contribution in [1.82, 2.24) is 9.78 Å². The molecule has 5 heteroatoms. The number of hydrogen-bond donors (Lipinski definition) is 1. The van der Waals surface area contributed by atoms with E-state index in [1.807, 2.05) is 7.05 Å². The van der Waals surface area contributed by atoms with Gasteiger partial charge >= 0.3 is 0 Å². The highest BCUT2D eigenvalue weighted by Gasteiger charge is 2.14. The van der Waals surface area contributed by atoms with Gasteiger partial charge in [0.15, 0.2) is 0 Å². The Bertz CT molecular complexity index is 268. The maximum atomic E-state index is 5.97. The van der Waals surface area contributed by atoms with E-state index in [1.165, 1.54) is 0 Å². The normalized spacial score (nSPS) is 13.1. The molecule has 14 heavy (non-hydrogen) atoms. The molecule has 0 aliphatic heterocycles. The summed E-state index contributed by atoms with van der Waals surface area (Å²) < 4.78 is 8.10. The summed E-state index contributed by atoms with van der Waals surface area (Å²) in [7, 11) is 1.87. The lowest BCUT2D eigenvalue weighted by Crippen LogP contribution is -2.20. The molecule has 80 valence electrons. The largest absolute Gasteiger partial charge is 0.379 e. The first-order chi connectivity index (χ1) is 6.66. The Morgan fingerprint density at radius 2 is 2.43 bits per heavy atom. The monoisotopic (exact) mass is 261 g/mol. The smallest absolute Gasteiger partial charge is 0.0716 e. The lowest BCUT2D eigenvalue weighted by Gasteiger charge is -2.12. The Labute approximate surface area is 92.5 Å². The minimum absolute atomic E-state index is 0.122. The van der Waals surface area contributed by atoms with Gasteiger partial charge in [-0.25, -0.2) is 0 Å². The van der Waals surface area contributed by atoms with Crippen molar-refractivity contribution in [2.45, 2.75) is 19.4 Å². The van der Waals surface area contributed by atoms with Gasteiger partial charge in [-0.3, -0.25) is 4.68 Å². The summed E-state index contributed by atoms with van der Waals surface area (Å²) in [5.74, 6) is 0. The van der Waals surface area contributed by atoms with Crippen LogP contribution in [0.25, 0.3) is 0 Å². The van der Waals surface area contributed by atoms with Gasteiger partial charge in [0.25, 0.3) is 0 Å². The third kappa shape index (κ3) is 2.80. The van der Waals surface area contributed by atoms with Crippen LogP contribution in [0.5, 0.6) is 0 Å². The van der Waals surface area contributed by atoms with Gasteiger partial charge in [-0.1, -0.05) is 6.92 Å². The molecule has 0 saturated carbocycles. The van der Waals surface area contributed by atoms with Crippen LogP contribution in [0.1, 0.15) is 25.1 Å². The highest BCUT2D eigenvalue weighted by atomic mass is 79.9. The van der Waals surface area contributed by atoms with Gasteiger partial charge in [0, 0.05) is 13.7 Å². The molecule has 0 saturated heterocycles. The third-order valence-corrected chi connectivity index (χ3v) is 2.55. The average molecular weight is 262 g/mol. The molecular weight excluding hydrogens is 246 g/mol. The Balaban J connectivity index is 2.55. The quantitative estimate of drug-likeness (QED) is 0.820. The van der Waals surface area contributed by atoms with Crippen molar-refractivity contribution >= 4 is 15.9 Å². The van der Waals surface area contributed by atoms with E-state index in [4.69, 9.17) is 10.5 Å². The zero-order chi connectivity index (χ0) is 10.6. The van der Waals surface area contributed by atoms with Crippen LogP contribution >= 0.6 is 15.9 Å². The first-order valence-corrected chi connectivity index (χ1v) is 5.46. The predicted octanol–water partition coefficient (Wildman–Crippen LogP) is 1.61. The van der Waals surface area contributed by atoms with Gasteiger partial charge in [0.05, 0.1) is 29.0 Å². The fraction of sp³-hybridized carbons (Fsp3) is 0.667. The molecule has 0 spiro atoms. The van der Waals surface area contributed by atoms with Crippen molar-refractivity contribution in [3.05, 3.63) is 16.4 Å². The van der Waals surface area contributed by atoms with E-state index >= 15 is 0 Å². The molecule has 1 aromatic rings. The SMILES string of the molecule is CCCOCC(N)c1c(Br)cnn1C. The van der Waals surface area contributed by atoms with E-state index in [9.17, 15) is 0 Å². The first kappa shape index (κ1) is 11.7. The van der Waals surface area contributed by atoms with Crippen LogP contribution < -0.4 is 5.73 Å². The van der Waals surface area contributed by atoms with Crippen LogP contribution in [0.4, 0.5) is 0 Å². The average Bonchev–Trinajstić information content (AvgIpc) is 2.46. The van der Waals surface area contributed by atoms with Gasteiger partial charge in [-0.2, -0.15) is 5.10 Å². The summed E-state index contributed by atoms with van der Waals surface area (Å²) in [6.45, 7) is 3.36. The molecule has 1 unspecified atom stereocenters. The number of aromatic nitrogens is 2. The number of ether oxygens (including phenoxy) is 1. The number of nitrogens with zero attached hydrogens (tertiary/aromatic N) is 2. The summed E-state index contributed by atoms with van der Waals surface area (Å²) in [5, 5.41) is 4.10. The van der Waals surface area contributed by atoms with Crippen LogP contribution in [0.2, 0.25) is 0 Å². The second-order valence-corrected chi connectivity index (χ2v) is 4.04. The van der Waals surface area contributed by atoms with Crippen LogP contribution in [-0.4, -0.2) is 23.0 Å².